The minimum Gasteiger partial charge on any atom is -0.494 e. The number of carbonyl (C=O) groups excluding carboxylic acids is 1. The fourth-order valence-electron chi connectivity index (χ4n) is 3.50. The first kappa shape index (κ1) is 15.8. The molecule has 25 heavy (non-hydrogen) atoms. The van der Waals surface area contributed by atoms with Gasteiger partial charge in [-0.2, -0.15) is 0 Å². The molecular formula is C20H22N2O3. The molecule has 2 heterocycles. The Morgan fingerprint density at radius 1 is 1.12 bits per heavy atom. The van der Waals surface area contributed by atoms with Crippen LogP contribution in [0.4, 0.5) is 11.4 Å². The number of amides is 1. The molecule has 0 fully saturated rings. The van der Waals surface area contributed by atoms with E-state index in [0.29, 0.717) is 26.2 Å². The van der Waals surface area contributed by atoms with Crippen molar-refractivity contribution in [3.63, 3.8) is 0 Å². The summed E-state index contributed by atoms with van der Waals surface area (Å²) in [5.41, 5.74) is 3.01. The highest BCUT2D eigenvalue weighted by molar-refractivity contribution is 6.00. The summed E-state index contributed by atoms with van der Waals surface area (Å²) < 4.78 is 11.2. The molecule has 0 saturated carbocycles. The molecule has 2 aliphatic heterocycles. The van der Waals surface area contributed by atoms with Crippen LogP contribution in [-0.2, 0) is 11.2 Å². The average Bonchev–Trinajstić information content (AvgIpc) is 2.64. The van der Waals surface area contributed by atoms with E-state index in [1.807, 2.05) is 54.3 Å². The summed E-state index contributed by atoms with van der Waals surface area (Å²) >= 11 is 0. The molecule has 4 rings (SSSR count). The largest absolute Gasteiger partial charge is 0.494 e. The lowest BCUT2D eigenvalue weighted by molar-refractivity contribution is -0.118. The monoisotopic (exact) mass is 338 g/mol. The quantitative estimate of drug-likeness (QED) is 0.860. The molecule has 0 saturated heterocycles. The third-order valence-corrected chi connectivity index (χ3v) is 4.69. The molecule has 1 amide bonds. The van der Waals surface area contributed by atoms with Crippen LogP contribution in [-0.4, -0.2) is 38.8 Å². The molecule has 2 aliphatic rings. The summed E-state index contributed by atoms with van der Waals surface area (Å²) in [6, 6.07) is 13.7. The zero-order valence-electron chi connectivity index (χ0n) is 14.4. The van der Waals surface area contributed by atoms with E-state index in [4.69, 9.17) is 9.47 Å². The van der Waals surface area contributed by atoms with Crippen LogP contribution in [0, 0.1) is 0 Å². The number of nitrogens with zero attached hydrogens (tertiary/aromatic N) is 2. The van der Waals surface area contributed by atoms with E-state index in [-0.39, 0.29) is 5.91 Å². The Morgan fingerprint density at radius 2 is 1.96 bits per heavy atom. The van der Waals surface area contributed by atoms with Gasteiger partial charge in [0.15, 0.2) is 0 Å². The summed E-state index contributed by atoms with van der Waals surface area (Å²) in [7, 11) is 0. The zero-order valence-corrected chi connectivity index (χ0v) is 14.4. The maximum absolute atomic E-state index is 12.9. The summed E-state index contributed by atoms with van der Waals surface area (Å²) in [6.07, 6.45) is 0.386. The molecule has 0 radical (unpaired) electrons. The van der Waals surface area contributed by atoms with E-state index < -0.39 is 0 Å². The Kier molecular flexibility index (Phi) is 4.22. The number of ether oxygens (including phenoxy) is 2. The van der Waals surface area contributed by atoms with E-state index in [9.17, 15) is 4.79 Å². The van der Waals surface area contributed by atoms with E-state index >= 15 is 0 Å². The van der Waals surface area contributed by atoms with E-state index in [0.717, 1.165) is 41.5 Å². The van der Waals surface area contributed by atoms with Gasteiger partial charge in [0.1, 0.15) is 23.8 Å². The van der Waals surface area contributed by atoms with Gasteiger partial charge in [-0.3, -0.25) is 4.79 Å². The molecule has 0 N–H and O–H groups in total. The number of rotatable bonds is 4. The zero-order chi connectivity index (χ0) is 17.2. The molecule has 5 nitrogen and oxygen atoms in total. The lowest BCUT2D eigenvalue weighted by Gasteiger charge is -2.41. The van der Waals surface area contributed by atoms with Crippen molar-refractivity contribution in [3.05, 3.63) is 48.0 Å². The maximum Gasteiger partial charge on any atom is 0.231 e. The Balaban J connectivity index is 1.55. The smallest absolute Gasteiger partial charge is 0.231 e. The third kappa shape index (κ3) is 3.02. The van der Waals surface area contributed by atoms with E-state index in [1.54, 1.807) is 0 Å². The van der Waals surface area contributed by atoms with Crippen molar-refractivity contribution < 1.29 is 14.3 Å². The number of benzene rings is 2. The third-order valence-electron chi connectivity index (χ3n) is 4.69. The average molecular weight is 338 g/mol. The lowest BCUT2D eigenvalue weighted by atomic mass is 10.1. The molecule has 0 aliphatic carbocycles. The van der Waals surface area contributed by atoms with Gasteiger partial charge in [0.25, 0.3) is 0 Å². The van der Waals surface area contributed by atoms with Crippen LogP contribution < -0.4 is 19.3 Å². The van der Waals surface area contributed by atoms with Crippen LogP contribution in [0.2, 0.25) is 0 Å². The standard InChI is InChI=1S/C20H22N2O3/c1-2-24-16-8-6-15(7-9-16)14-19(23)22-11-10-21-12-13-25-18-5-3-4-17(22)20(18)21/h3-9H,2,10-14H2,1H3. The molecule has 0 unspecified atom stereocenters. The highest BCUT2D eigenvalue weighted by Gasteiger charge is 2.31. The minimum absolute atomic E-state index is 0.114. The van der Waals surface area contributed by atoms with Gasteiger partial charge in [-0.15, -0.1) is 0 Å². The van der Waals surface area contributed by atoms with Gasteiger partial charge in [-0.05, 0) is 36.8 Å². The van der Waals surface area contributed by atoms with Crippen molar-refractivity contribution in [1.29, 1.82) is 0 Å². The van der Waals surface area contributed by atoms with Gasteiger partial charge in [-0.1, -0.05) is 18.2 Å². The lowest BCUT2D eigenvalue weighted by Crippen LogP contribution is -2.47. The Labute approximate surface area is 147 Å². The van der Waals surface area contributed by atoms with Crippen molar-refractivity contribution in [2.75, 3.05) is 42.6 Å². The number of hydrogen-bond acceptors (Lipinski definition) is 4. The number of anilines is 2. The molecule has 130 valence electrons. The van der Waals surface area contributed by atoms with Crippen LogP contribution >= 0.6 is 0 Å². The number of carbonyl (C=O) groups is 1. The van der Waals surface area contributed by atoms with Gasteiger partial charge >= 0.3 is 0 Å². The highest BCUT2D eigenvalue weighted by Crippen LogP contribution is 2.42. The van der Waals surface area contributed by atoms with Crippen molar-refractivity contribution in [2.45, 2.75) is 13.3 Å². The highest BCUT2D eigenvalue weighted by atomic mass is 16.5. The van der Waals surface area contributed by atoms with E-state index in [1.165, 1.54) is 0 Å². The van der Waals surface area contributed by atoms with Crippen molar-refractivity contribution in [3.8, 4) is 11.5 Å². The fourth-order valence-corrected chi connectivity index (χ4v) is 3.50. The first-order chi connectivity index (χ1) is 12.3. The molecule has 5 heteroatoms. The number of hydrogen-bond donors (Lipinski definition) is 0. The fraction of sp³-hybridized carbons (Fsp3) is 0.350. The van der Waals surface area contributed by atoms with Crippen LogP contribution in [0.15, 0.2) is 42.5 Å². The molecule has 0 aromatic heterocycles. The molecule has 0 bridgehead atoms. The first-order valence-corrected chi connectivity index (χ1v) is 8.79. The second kappa shape index (κ2) is 6.67. The predicted octanol–water partition coefficient (Wildman–Crippen LogP) is 2.87. The van der Waals surface area contributed by atoms with Crippen LogP contribution in [0.25, 0.3) is 0 Å². The van der Waals surface area contributed by atoms with Crippen molar-refractivity contribution >= 4 is 17.3 Å². The SMILES string of the molecule is CCOc1ccc(CC(=O)N2CCN3CCOc4cccc2c43)cc1. The summed E-state index contributed by atoms with van der Waals surface area (Å²) in [5.74, 6) is 1.83. The summed E-state index contributed by atoms with van der Waals surface area (Å²) in [4.78, 5) is 17.1. The molecular weight excluding hydrogens is 316 g/mol. The molecule has 0 atom stereocenters. The minimum atomic E-state index is 0.114. The molecule has 2 aromatic carbocycles. The van der Waals surface area contributed by atoms with Crippen LogP contribution in [0.5, 0.6) is 11.5 Å². The van der Waals surface area contributed by atoms with Gasteiger partial charge < -0.3 is 19.3 Å². The molecule has 0 spiro atoms. The number of para-hydroxylation sites is 1. The van der Waals surface area contributed by atoms with Crippen molar-refractivity contribution in [1.82, 2.24) is 0 Å². The summed E-state index contributed by atoms with van der Waals surface area (Å²) in [5, 5.41) is 0. The molecule has 2 aromatic rings. The Morgan fingerprint density at radius 3 is 2.76 bits per heavy atom. The van der Waals surface area contributed by atoms with Gasteiger partial charge in [0, 0.05) is 13.1 Å². The van der Waals surface area contributed by atoms with Gasteiger partial charge in [0.05, 0.1) is 25.3 Å². The normalized spacial score (nSPS) is 15.4. The van der Waals surface area contributed by atoms with Gasteiger partial charge in [0.2, 0.25) is 5.91 Å². The van der Waals surface area contributed by atoms with Crippen LogP contribution in [0.3, 0.4) is 0 Å². The van der Waals surface area contributed by atoms with Crippen LogP contribution in [0.1, 0.15) is 12.5 Å². The Bertz CT molecular complexity index is 773. The summed E-state index contributed by atoms with van der Waals surface area (Å²) in [6.45, 7) is 5.75. The van der Waals surface area contributed by atoms with E-state index in [2.05, 4.69) is 4.90 Å². The van der Waals surface area contributed by atoms with Gasteiger partial charge in [-0.25, -0.2) is 0 Å². The second-order valence-electron chi connectivity index (χ2n) is 6.26. The Hall–Kier alpha value is -2.69. The first-order valence-electron chi connectivity index (χ1n) is 8.79. The predicted molar refractivity (Wildman–Crippen MR) is 97.8 cm³/mol. The second-order valence-corrected chi connectivity index (χ2v) is 6.26. The maximum atomic E-state index is 12.9. The van der Waals surface area contributed by atoms with Crippen molar-refractivity contribution in [2.24, 2.45) is 0 Å². The topological polar surface area (TPSA) is 42.0 Å².